The Morgan fingerprint density at radius 1 is 1.57 bits per heavy atom. The van der Waals surface area contributed by atoms with E-state index >= 15 is 0 Å². The van der Waals surface area contributed by atoms with E-state index in [2.05, 4.69) is 6.58 Å². The fraction of sp³-hybridized carbons (Fsp3) is 0.727. The lowest BCUT2D eigenvalue weighted by Gasteiger charge is -2.07. The molecule has 1 unspecified atom stereocenters. The minimum atomic E-state index is -0.304. The summed E-state index contributed by atoms with van der Waals surface area (Å²) in [5.74, 6) is 0.0789. The number of carbonyl (C=O) groups is 1. The fourth-order valence-corrected chi connectivity index (χ4v) is 1.03. The largest absolute Gasteiger partial charge is 0.462 e. The van der Waals surface area contributed by atoms with Gasteiger partial charge in [0, 0.05) is 18.1 Å². The quantitative estimate of drug-likeness (QED) is 0.517. The monoisotopic (exact) mass is 200 g/mol. The van der Waals surface area contributed by atoms with Gasteiger partial charge in [-0.2, -0.15) is 0 Å². The average Bonchev–Trinajstić information content (AvgIpc) is 2.69. The van der Waals surface area contributed by atoms with Gasteiger partial charge < -0.3 is 9.47 Å². The molecule has 1 heterocycles. The van der Waals surface area contributed by atoms with Gasteiger partial charge in [0.2, 0.25) is 0 Å². The molecule has 1 atom stereocenters. The third kappa shape index (κ3) is 5.02. The van der Waals surface area contributed by atoms with Gasteiger partial charge in [-0.1, -0.05) is 20.4 Å². The topological polar surface area (TPSA) is 35.5 Å². The van der Waals surface area contributed by atoms with Crippen LogP contribution in [0.25, 0.3) is 0 Å². The summed E-state index contributed by atoms with van der Waals surface area (Å²) in [4.78, 5) is 10.9. The Bertz CT molecular complexity index is 181. The van der Waals surface area contributed by atoms with Crippen LogP contribution in [0.3, 0.4) is 0 Å². The van der Waals surface area contributed by atoms with Crippen molar-refractivity contribution in [2.75, 3.05) is 19.8 Å². The summed E-state index contributed by atoms with van der Waals surface area (Å²) in [7, 11) is 0. The third-order valence-corrected chi connectivity index (χ3v) is 1.82. The van der Waals surface area contributed by atoms with Crippen molar-refractivity contribution < 1.29 is 14.3 Å². The minimum Gasteiger partial charge on any atom is -0.462 e. The number of ether oxygens (including phenoxy) is 2. The number of hydrogen-bond donors (Lipinski definition) is 0. The van der Waals surface area contributed by atoms with E-state index in [0.717, 1.165) is 13.0 Å². The molecule has 0 radical (unpaired) electrons. The molecule has 82 valence electrons. The normalized spacial score (nSPS) is 19.5. The van der Waals surface area contributed by atoms with Crippen molar-refractivity contribution >= 4 is 5.97 Å². The molecule has 0 aliphatic carbocycles. The van der Waals surface area contributed by atoms with Crippen LogP contribution in [0.4, 0.5) is 0 Å². The van der Waals surface area contributed by atoms with Gasteiger partial charge in [-0.3, -0.25) is 0 Å². The van der Waals surface area contributed by atoms with Gasteiger partial charge in [0.25, 0.3) is 0 Å². The highest BCUT2D eigenvalue weighted by atomic mass is 16.5. The first kappa shape index (κ1) is 13.2. The predicted molar refractivity (Wildman–Crippen MR) is 56.0 cm³/mol. The van der Waals surface area contributed by atoms with E-state index in [0.29, 0.717) is 24.7 Å². The van der Waals surface area contributed by atoms with Crippen LogP contribution in [-0.2, 0) is 14.3 Å². The molecule has 0 spiro atoms. The predicted octanol–water partition coefficient (Wildman–Crippen LogP) is 2.17. The Morgan fingerprint density at radius 2 is 2.21 bits per heavy atom. The molecule has 1 aliphatic rings. The molecule has 14 heavy (non-hydrogen) atoms. The fourth-order valence-electron chi connectivity index (χ4n) is 1.03. The zero-order chi connectivity index (χ0) is 11.0. The van der Waals surface area contributed by atoms with Gasteiger partial charge in [0.05, 0.1) is 13.2 Å². The molecule has 0 aromatic carbocycles. The van der Waals surface area contributed by atoms with Crippen molar-refractivity contribution in [3.63, 3.8) is 0 Å². The van der Waals surface area contributed by atoms with E-state index in [1.807, 2.05) is 13.8 Å². The maximum absolute atomic E-state index is 10.9. The average molecular weight is 200 g/mol. The van der Waals surface area contributed by atoms with Crippen LogP contribution in [0.15, 0.2) is 12.2 Å². The van der Waals surface area contributed by atoms with Crippen molar-refractivity contribution in [1.82, 2.24) is 0 Å². The molecule has 0 saturated carbocycles. The molecule has 1 fully saturated rings. The molecular weight excluding hydrogens is 180 g/mol. The van der Waals surface area contributed by atoms with E-state index in [4.69, 9.17) is 9.47 Å². The molecule has 1 rings (SSSR count). The van der Waals surface area contributed by atoms with Gasteiger partial charge in [-0.25, -0.2) is 4.79 Å². The molecule has 0 amide bonds. The summed E-state index contributed by atoms with van der Waals surface area (Å²) in [5.41, 5.74) is 0.453. The first-order valence-corrected chi connectivity index (χ1v) is 5.10. The molecule has 0 N–H and O–H groups in total. The van der Waals surface area contributed by atoms with Gasteiger partial charge in [0.1, 0.15) is 0 Å². The highest BCUT2D eigenvalue weighted by molar-refractivity contribution is 5.86. The number of carbonyl (C=O) groups excluding carboxylic acids is 1. The zero-order valence-corrected chi connectivity index (χ0v) is 9.34. The summed E-state index contributed by atoms with van der Waals surface area (Å²) in [6, 6.07) is 0. The van der Waals surface area contributed by atoms with Crippen molar-refractivity contribution in [3.8, 4) is 0 Å². The van der Waals surface area contributed by atoms with Crippen LogP contribution >= 0.6 is 0 Å². The maximum Gasteiger partial charge on any atom is 0.333 e. The van der Waals surface area contributed by atoms with E-state index in [9.17, 15) is 4.79 Å². The van der Waals surface area contributed by atoms with E-state index in [1.54, 1.807) is 6.92 Å². The molecule has 3 nitrogen and oxygen atoms in total. The number of esters is 1. The second kappa shape index (κ2) is 7.56. The molecule has 1 aliphatic heterocycles. The van der Waals surface area contributed by atoms with Crippen LogP contribution in [0, 0.1) is 5.92 Å². The summed E-state index contributed by atoms with van der Waals surface area (Å²) in [6.45, 7) is 11.1. The second-order valence-corrected chi connectivity index (χ2v) is 3.11. The molecule has 1 saturated heterocycles. The van der Waals surface area contributed by atoms with Crippen LogP contribution < -0.4 is 0 Å². The summed E-state index contributed by atoms with van der Waals surface area (Å²) >= 11 is 0. The zero-order valence-electron chi connectivity index (χ0n) is 9.34. The second-order valence-electron chi connectivity index (χ2n) is 3.11. The summed E-state index contributed by atoms with van der Waals surface area (Å²) in [5, 5.41) is 0. The Morgan fingerprint density at radius 3 is 2.64 bits per heavy atom. The van der Waals surface area contributed by atoms with Crippen LogP contribution in [0.1, 0.15) is 27.2 Å². The molecule has 0 aromatic heterocycles. The van der Waals surface area contributed by atoms with E-state index in [-0.39, 0.29) is 5.97 Å². The first-order chi connectivity index (χ1) is 6.70. The van der Waals surface area contributed by atoms with Crippen molar-refractivity contribution in [2.45, 2.75) is 27.2 Å². The van der Waals surface area contributed by atoms with Crippen molar-refractivity contribution in [3.05, 3.63) is 12.2 Å². The lowest BCUT2D eigenvalue weighted by atomic mass is 10.1. The third-order valence-electron chi connectivity index (χ3n) is 1.82. The SMILES string of the molecule is C=C(C)C(=O)OCC1CCOC1.CC. The van der Waals surface area contributed by atoms with Crippen molar-refractivity contribution in [1.29, 1.82) is 0 Å². The maximum atomic E-state index is 10.9. The van der Waals surface area contributed by atoms with E-state index in [1.165, 1.54) is 0 Å². The van der Waals surface area contributed by atoms with Crippen LogP contribution in [0.5, 0.6) is 0 Å². The highest BCUT2D eigenvalue weighted by Crippen LogP contribution is 2.12. The number of hydrogen-bond acceptors (Lipinski definition) is 3. The molecular formula is C11H20O3. The highest BCUT2D eigenvalue weighted by Gasteiger charge is 2.17. The van der Waals surface area contributed by atoms with Crippen LogP contribution in [-0.4, -0.2) is 25.8 Å². The van der Waals surface area contributed by atoms with Crippen molar-refractivity contribution in [2.24, 2.45) is 5.92 Å². The molecule has 0 aromatic rings. The van der Waals surface area contributed by atoms with Gasteiger partial charge in [-0.05, 0) is 13.3 Å². The lowest BCUT2D eigenvalue weighted by molar-refractivity contribution is -0.140. The Balaban J connectivity index is 0.000000791. The first-order valence-electron chi connectivity index (χ1n) is 5.10. The standard InChI is InChI=1S/C9H14O3.C2H6/c1-7(2)9(10)12-6-8-3-4-11-5-8;1-2/h8H,1,3-6H2,2H3;1-2H3. The van der Waals surface area contributed by atoms with E-state index < -0.39 is 0 Å². The Kier molecular flexibility index (Phi) is 7.11. The van der Waals surface area contributed by atoms with Gasteiger partial charge in [-0.15, -0.1) is 0 Å². The number of rotatable bonds is 3. The molecule has 0 bridgehead atoms. The lowest BCUT2D eigenvalue weighted by Crippen LogP contribution is -2.14. The smallest absolute Gasteiger partial charge is 0.333 e. The Hall–Kier alpha value is -0.830. The molecule has 3 heteroatoms. The summed E-state index contributed by atoms with van der Waals surface area (Å²) < 4.78 is 10.1. The van der Waals surface area contributed by atoms with Gasteiger partial charge in [0.15, 0.2) is 0 Å². The van der Waals surface area contributed by atoms with Gasteiger partial charge >= 0.3 is 5.97 Å². The summed E-state index contributed by atoms with van der Waals surface area (Å²) in [6.07, 6.45) is 0.990. The Labute approximate surface area is 86.1 Å². The van der Waals surface area contributed by atoms with Crippen LogP contribution in [0.2, 0.25) is 0 Å². The minimum absolute atomic E-state index is 0.304.